The first-order chi connectivity index (χ1) is 18.3. The maximum atomic E-state index is 4.96. The minimum absolute atomic E-state index is 0.106. The fraction of sp³-hybridized carbons (Fsp3) is 0. The Bertz CT molecular complexity index is 1160. The third-order valence-corrected chi connectivity index (χ3v) is 9.42. The molecule has 0 spiro atoms. The van der Waals surface area contributed by atoms with Gasteiger partial charge in [-0.15, -0.1) is 0 Å². The number of aromatic nitrogens is 1. The number of benzene rings is 4. The molecule has 0 unspecified atom stereocenters. The van der Waals surface area contributed by atoms with E-state index in [-0.39, 0.29) is 15.9 Å². The maximum absolute atomic E-state index is 4.96. The van der Waals surface area contributed by atoms with Crippen LogP contribution in [0.3, 0.4) is 0 Å². The third kappa shape index (κ3) is 8.36. The van der Waals surface area contributed by atoms with E-state index in [1.165, 1.54) is 21.2 Å². The van der Waals surface area contributed by atoms with E-state index in [4.69, 9.17) is 24.0 Å². The second-order valence-electron chi connectivity index (χ2n) is 7.69. The summed E-state index contributed by atoms with van der Waals surface area (Å²) < 4.78 is 0. The van der Waals surface area contributed by atoms with Gasteiger partial charge in [0.2, 0.25) is 0 Å². The minimum Gasteiger partial charge on any atom is -0.342 e. The van der Waals surface area contributed by atoms with E-state index >= 15 is 0 Å². The summed E-state index contributed by atoms with van der Waals surface area (Å²) in [6, 6.07) is 48.5. The largest absolute Gasteiger partial charge is 0.342 e. The standard InChI is InChI=1S/C29H25N3P2.2ClH.Pd/c1-5-14-24(15-6-1)33(25-16-7-2-8-17-25)31-28-22-13-23-29(30-28)32-34(26-18-9-3-10-19-26)27-20-11-4-12-21-27;;;/h1-23H,(H2,30,31,32);2*1H;/q;;;+2/p-2. The van der Waals surface area contributed by atoms with E-state index in [0.717, 1.165) is 11.6 Å². The Labute approximate surface area is 237 Å². The van der Waals surface area contributed by atoms with Crippen LogP contribution in [0.15, 0.2) is 140 Å². The van der Waals surface area contributed by atoms with Gasteiger partial charge in [0.1, 0.15) is 11.6 Å². The number of hydrogen-bond acceptors (Lipinski definition) is 3. The molecule has 0 saturated heterocycles. The monoisotopic (exact) mass is 653 g/mol. The predicted octanol–water partition coefficient (Wildman–Crippen LogP) is 7.38. The van der Waals surface area contributed by atoms with E-state index in [1.54, 1.807) is 0 Å². The fourth-order valence-corrected chi connectivity index (χ4v) is 7.35. The van der Waals surface area contributed by atoms with Crippen LogP contribution in [0, 0.1) is 0 Å². The van der Waals surface area contributed by atoms with E-state index in [0.29, 0.717) is 0 Å². The summed E-state index contributed by atoms with van der Waals surface area (Å²) in [4.78, 5) is 4.96. The topological polar surface area (TPSA) is 37.0 Å². The van der Waals surface area contributed by atoms with Crippen LogP contribution in [0.1, 0.15) is 0 Å². The Hall–Kier alpha value is -2.27. The van der Waals surface area contributed by atoms with Crippen LogP contribution < -0.4 is 31.4 Å². The van der Waals surface area contributed by atoms with Crippen molar-refractivity contribution in [2.75, 3.05) is 10.2 Å². The van der Waals surface area contributed by atoms with Crippen molar-refractivity contribution in [3.63, 3.8) is 0 Å². The Balaban J connectivity index is 0.00000102. The predicted molar refractivity (Wildman–Crippen MR) is 161 cm³/mol. The van der Waals surface area contributed by atoms with Gasteiger partial charge in [-0.2, -0.15) is 0 Å². The normalized spacial score (nSPS) is 10.6. The number of rotatable bonds is 8. The van der Waals surface area contributed by atoms with Crippen molar-refractivity contribution in [3.05, 3.63) is 140 Å². The van der Waals surface area contributed by atoms with Crippen molar-refractivity contribution in [1.82, 2.24) is 4.98 Å². The first-order valence-corrected chi connectivity index (χ1v) is 18.1. The van der Waals surface area contributed by atoms with Crippen LogP contribution in [0.25, 0.3) is 0 Å². The zero-order valence-corrected chi connectivity index (χ0v) is 24.5. The molecule has 0 amide bonds. The quantitative estimate of drug-likeness (QED) is 0.136. The van der Waals surface area contributed by atoms with Crippen LogP contribution in [0.5, 0.6) is 0 Å². The molecule has 0 aliphatic rings. The molecular formula is C29H25Cl2N3P2Pd. The summed E-state index contributed by atoms with van der Waals surface area (Å²) >= 11 is -0.106. The summed E-state index contributed by atoms with van der Waals surface area (Å²) in [6.07, 6.45) is 0. The second-order valence-corrected chi connectivity index (χ2v) is 13.9. The van der Waals surface area contributed by atoms with Gasteiger partial charge in [-0.25, -0.2) is 4.98 Å². The van der Waals surface area contributed by atoms with Crippen molar-refractivity contribution in [3.8, 4) is 0 Å². The number of nitrogens with one attached hydrogen (secondary N) is 2. The molecule has 0 aliphatic carbocycles. The zero-order chi connectivity index (χ0) is 25.7. The molecule has 0 radical (unpaired) electrons. The smallest absolute Gasteiger partial charge is 0.132 e. The van der Waals surface area contributed by atoms with Gasteiger partial charge in [-0.3, -0.25) is 0 Å². The number of nitrogens with zero attached hydrogens (tertiary/aromatic N) is 1. The van der Waals surface area contributed by atoms with Crippen LogP contribution in [-0.2, 0) is 15.9 Å². The molecule has 4 aromatic carbocycles. The van der Waals surface area contributed by atoms with Crippen LogP contribution in [0.4, 0.5) is 11.6 Å². The van der Waals surface area contributed by atoms with Crippen molar-refractivity contribution in [2.45, 2.75) is 0 Å². The van der Waals surface area contributed by atoms with E-state index < -0.39 is 16.1 Å². The maximum Gasteiger partial charge on any atom is 0.132 e. The third-order valence-electron chi connectivity index (χ3n) is 5.26. The molecule has 5 aromatic rings. The Morgan fingerprint density at radius 3 is 0.973 bits per heavy atom. The SMILES string of the molecule is [Cl][Pd][Cl].c1ccc(P(Nc2cccc(NP(c3ccccc3)c3ccccc3)n2)c2ccccc2)cc1. The zero-order valence-electron chi connectivity index (χ0n) is 19.7. The van der Waals surface area contributed by atoms with Crippen LogP contribution >= 0.6 is 35.2 Å². The summed E-state index contributed by atoms with van der Waals surface area (Å²) in [5, 5.41) is 12.5. The molecular weight excluding hydrogens is 630 g/mol. The number of hydrogen-bond donors (Lipinski definition) is 2. The molecule has 37 heavy (non-hydrogen) atoms. The van der Waals surface area contributed by atoms with Crippen molar-refractivity contribution in [2.24, 2.45) is 0 Å². The van der Waals surface area contributed by atoms with E-state index in [2.05, 4.69) is 138 Å². The Morgan fingerprint density at radius 2 is 0.703 bits per heavy atom. The molecule has 0 bridgehead atoms. The Kier molecular flexibility index (Phi) is 11.4. The van der Waals surface area contributed by atoms with Gasteiger partial charge < -0.3 is 10.2 Å². The average molecular weight is 655 g/mol. The first kappa shape index (κ1) is 27.8. The molecule has 8 heteroatoms. The molecule has 0 saturated carbocycles. The molecule has 1 aromatic heterocycles. The number of halogens is 2. The van der Waals surface area contributed by atoms with Crippen LogP contribution in [-0.4, -0.2) is 4.98 Å². The fourth-order valence-electron chi connectivity index (χ4n) is 3.65. The van der Waals surface area contributed by atoms with Gasteiger partial charge >= 0.3 is 35.0 Å². The molecule has 3 nitrogen and oxygen atoms in total. The first-order valence-electron chi connectivity index (χ1n) is 11.4. The summed E-state index contributed by atoms with van der Waals surface area (Å²) in [5.74, 6) is 1.72. The minimum atomic E-state index is -0.783. The molecule has 0 aliphatic heterocycles. The van der Waals surface area contributed by atoms with Crippen molar-refractivity contribution in [1.29, 1.82) is 0 Å². The average Bonchev–Trinajstić information content (AvgIpc) is 2.97. The second kappa shape index (κ2) is 15.2. The van der Waals surface area contributed by atoms with Crippen LogP contribution in [0.2, 0.25) is 0 Å². The Morgan fingerprint density at radius 1 is 0.432 bits per heavy atom. The molecule has 1 heterocycles. The summed E-state index contributed by atoms with van der Waals surface area (Å²) in [7, 11) is 8.06. The molecule has 0 fully saturated rings. The van der Waals surface area contributed by atoms with Gasteiger partial charge in [0.05, 0.1) is 16.1 Å². The van der Waals surface area contributed by atoms with Crippen molar-refractivity contribution >= 4 is 68.1 Å². The summed E-state index contributed by atoms with van der Waals surface area (Å²) in [5.41, 5.74) is 0. The molecule has 0 atom stereocenters. The van der Waals surface area contributed by atoms with E-state index in [9.17, 15) is 0 Å². The molecule has 5 rings (SSSR count). The van der Waals surface area contributed by atoms with Gasteiger partial charge in [-0.1, -0.05) is 127 Å². The molecule has 190 valence electrons. The van der Waals surface area contributed by atoms with E-state index in [1.807, 2.05) is 12.1 Å². The molecule has 2 N–H and O–H groups in total. The number of anilines is 2. The number of pyridine rings is 1. The van der Waals surface area contributed by atoms with Gasteiger partial charge in [-0.05, 0) is 12.1 Å². The van der Waals surface area contributed by atoms with Gasteiger partial charge in [0, 0.05) is 21.2 Å². The summed E-state index contributed by atoms with van der Waals surface area (Å²) in [6.45, 7) is 0. The van der Waals surface area contributed by atoms with Gasteiger partial charge in [0.15, 0.2) is 0 Å². The van der Waals surface area contributed by atoms with Gasteiger partial charge in [0.25, 0.3) is 0 Å². The van der Waals surface area contributed by atoms with Crippen molar-refractivity contribution < 1.29 is 15.9 Å².